The van der Waals surface area contributed by atoms with Gasteiger partial charge in [0, 0.05) is 32.9 Å². The number of aliphatic hydroxyl groups excluding tert-OH is 1. The average Bonchev–Trinajstić information content (AvgIpc) is 2.88. The van der Waals surface area contributed by atoms with Crippen LogP contribution >= 0.6 is 0 Å². The summed E-state index contributed by atoms with van der Waals surface area (Å²) in [6.45, 7) is 0.848. The first-order valence-corrected chi connectivity index (χ1v) is 7.27. The van der Waals surface area contributed by atoms with E-state index >= 15 is 0 Å². The molecule has 0 saturated carbocycles. The highest BCUT2D eigenvalue weighted by Crippen LogP contribution is 2.27. The zero-order valence-corrected chi connectivity index (χ0v) is 11.0. The molecule has 0 spiro atoms. The van der Waals surface area contributed by atoms with Crippen LogP contribution < -0.4 is 5.32 Å². The molecule has 2 N–H and O–H groups in total. The lowest BCUT2D eigenvalue weighted by atomic mass is 10.1. The predicted molar refractivity (Wildman–Crippen MR) is 67.7 cm³/mol. The molecule has 6 nitrogen and oxygen atoms in total. The number of anilines is 1. The number of rotatable bonds is 4. The second-order valence-corrected chi connectivity index (χ2v) is 6.21. The van der Waals surface area contributed by atoms with Crippen LogP contribution in [0.3, 0.4) is 0 Å². The van der Waals surface area contributed by atoms with Crippen molar-refractivity contribution in [1.82, 2.24) is 9.29 Å². The number of nitrogens with one attached hydrogen (secondary N) is 1. The van der Waals surface area contributed by atoms with Crippen molar-refractivity contribution in [2.75, 3.05) is 32.1 Å². The van der Waals surface area contributed by atoms with Crippen molar-refractivity contribution in [1.29, 1.82) is 0 Å². The average molecular weight is 271 g/mol. The molecular weight excluding hydrogens is 254 g/mol. The Kier molecular flexibility index (Phi) is 3.84. The van der Waals surface area contributed by atoms with Crippen LogP contribution in [-0.2, 0) is 10.0 Å². The molecule has 0 aliphatic carbocycles. The van der Waals surface area contributed by atoms with E-state index in [4.69, 9.17) is 5.11 Å². The summed E-state index contributed by atoms with van der Waals surface area (Å²) in [4.78, 5) is 4.19. The Hall–Kier alpha value is -1.18. The largest absolute Gasteiger partial charge is 0.396 e. The number of aliphatic hydroxyl groups is 1. The maximum absolute atomic E-state index is 12.4. The lowest BCUT2D eigenvalue weighted by molar-refractivity contribution is 0.233. The number of nitrogens with zero attached hydrogens (tertiary/aromatic N) is 2. The van der Waals surface area contributed by atoms with Gasteiger partial charge < -0.3 is 10.4 Å². The monoisotopic (exact) mass is 271 g/mol. The molecule has 7 heteroatoms. The van der Waals surface area contributed by atoms with Crippen molar-refractivity contribution in [3.63, 3.8) is 0 Å². The van der Waals surface area contributed by atoms with Crippen molar-refractivity contribution in [2.24, 2.45) is 5.92 Å². The van der Waals surface area contributed by atoms with Gasteiger partial charge in [-0.25, -0.2) is 13.4 Å². The van der Waals surface area contributed by atoms with E-state index in [1.165, 1.54) is 4.31 Å². The lowest BCUT2D eigenvalue weighted by Crippen LogP contribution is -2.30. The smallest absolute Gasteiger partial charge is 0.246 e. The van der Waals surface area contributed by atoms with Gasteiger partial charge >= 0.3 is 0 Å². The van der Waals surface area contributed by atoms with Crippen molar-refractivity contribution >= 4 is 15.8 Å². The normalized spacial score (nSPS) is 21.1. The molecule has 0 radical (unpaired) electrons. The first-order valence-electron chi connectivity index (χ1n) is 5.83. The van der Waals surface area contributed by atoms with Gasteiger partial charge in [-0.2, -0.15) is 4.31 Å². The van der Waals surface area contributed by atoms with Crippen molar-refractivity contribution in [3.05, 3.63) is 18.3 Å². The molecule has 2 rings (SSSR count). The quantitative estimate of drug-likeness (QED) is 0.813. The summed E-state index contributed by atoms with van der Waals surface area (Å²) >= 11 is 0. The van der Waals surface area contributed by atoms with E-state index in [0.717, 1.165) is 0 Å². The molecule has 1 aromatic rings. The van der Waals surface area contributed by atoms with Gasteiger partial charge in [0.25, 0.3) is 0 Å². The van der Waals surface area contributed by atoms with E-state index in [1.807, 2.05) is 0 Å². The molecule has 1 aromatic heterocycles. The summed E-state index contributed by atoms with van der Waals surface area (Å²) in [5.41, 5.74) is 0. The Morgan fingerprint density at radius 3 is 3.00 bits per heavy atom. The SMILES string of the molecule is CNc1ncccc1S(=O)(=O)N1CCC(CO)C1. The molecule has 1 fully saturated rings. The van der Waals surface area contributed by atoms with Crippen LogP contribution in [-0.4, -0.2) is 49.6 Å². The molecule has 1 aliphatic heterocycles. The standard InChI is InChI=1S/C11H17N3O3S/c1-12-11-10(3-2-5-13-11)18(16,17)14-6-4-9(7-14)8-15/h2-3,5,9,15H,4,6-8H2,1H3,(H,12,13). The summed E-state index contributed by atoms with van der Waals surface area (Å²) < 4.78 is 26.3. The highest BCUT2D eigenvalue weighted by Gasteiger charge is 2.33. The van der Waals surface area contributed by atoms with Gasteiger partial charge in [0.2, 0.25) is 10.0 Å². The number of sulfonamides is 1. The molecule has 1 unspecified atom stereocenters. The number of aromatic nitrogens is 1. The summed E-state index contributed by atoms with van der Waals surface area (Å²) in [5.74, 6) is 0.388. The second kappa shape index (κ2) is 5.21. The van der Waals surface area contributed by atoms with Crippen LogP contribution in [0.15, 0.2) is 23.2 Å². The summed E-state index contributed by atoms with van der Waals surface area (Å²) in [6, 6.07) is 3.15. The van der Waals surface area contributed by atoms with Crippen LogP contribution in [0.4, 0.5) is 5.82 Å². The van der Waals surface area contributed by atoms with Crippen LogP contribution in [0, 0.1) is 5.92 Å². The first-order chi connectivity index (χ1) is 8.59. The first kappa shape index (κ1) is 13.3. The van der Waals surface area contributed by atoms with Crippen LogP contribution in [0.25, 0.3) is 0 Å². The molecule has 1 atom stereocenters. The van der Waals surface area contributed by atoms with Crippen molar-refractivity contribution < 1.29 is 13.5 Å². The minimum atomic E-state index is -3.53. The molecule has 0 amide bonds. The Morgan fingerprint density at radius 1 is 1.61 bits per heavy atom. The number of hydrogen-bond donors (Lipinski definition) is 2. The highest BCUT2D eigenvalue weighted by atomic mass is 32.2. The second-order valence-electron chi connectivity index (χ2n) is 4.30. The molecule has 1 saturated heterocycles. The van der Waals surface area contributed by atoms with E-state index in [9.17, 15) is 8.42 Å². The van der Waals surface area contributed by atoms with Crippen LogP contribution in [0.5, 0.6) is 0 Å². The maximum atomic E-state index is 12.4. The third kappa shape index (κ3) is 2.33. The molecular formula is C11H17N3O3S. The maximum Gasteiger partial charge on any atom is 0.246 e. The summed E-state index contributed by atoms with van der Waals surface area (Å²) in [5, 5.41) is 11.9. The van der Waals surface area contributed by atoms with Crippen LogP contribution in [0.2, 0.25) is 0 Å². The van der Waals surface area contributed by atoms with Gasteiger partial charge in [0.1, 0.15) is 10.7 Å². The van der Waals surface area contributed by atoms with Gasteiger partial charge in [-0.05, 0) is 24.5 Å². The molecule has 100 valence electrons. The third-order valence-corrected chi connectivity index (χ3v) is 5.03. The Bertz CT molecular complexity index is 518. The Labute approximate surface area is 107 Å². The van der Waals surface area contributed by atoms with Gasteiger partial charge in [0.05, 0.1) is 0 Å². The van der Waals surface area contributed by atoms with E-state index in [0.29, 0.717) is 25.3 Å². The van der Waals surface area contributed by atoms with Crippen molar-refractivity contribution in [2.45, 2.75) is 11.3 Å². The molecule has 18 heavy (non-hydrogen) atoms. The summed E-state index contributed by atoms with van der Waals surface area (Å²) in [6.07, 6.45) is 2.25. The molecule has 2 heterocycles. The van der Waals surface area contributed by atoms with E-state index in [1.54, 1.807) is 25.4 Å². The number of pyridine rings is 1. The fourth-order valence-corrected chi connectivity index (χ4v) is 3.77. The lowest BCUT2D eigenvalue weighted by Gasteiger charge is -2.17. The zero-order valence-electron chi connectivity index (χ0n) is 10.2. The Balaban J connectivity index is 2.31. The zero-order chi connectivity index (χ0) is 13.2. The molecule has 1 aliphatic rings. The van der Waals surface area contributed by atoms with E-state index in [-0.39, 0.29) is 17.4 Å². The highest BCUT2D eigenvalue weighted by molar-refractivity contribution is 7.89. The van der Waals surface area contributed by atoms with Gasteiger partial charge in [-0.15, -0.1) is 0 Å². The van der Waals surface area contributed by atoms with E-state index in [2.05, 4.69) is 10.3 Å². The minimum absolute atomic E-state index is 0.0257. The number of hydrogen-bond acceptors (Lipinski definition) is 5. The Morgan fingerprint density at radius 2 is 2.39 bits per heavy atom. The fourth-order valence-electron chi connectivity index (χ4n) is 2.09. The minimum Gasteiger partial charge on any atom is -0.396 e. The topological polar surface area (TPSA) is 82.5 Å². The van der Waals surface area contributed by atoms with E-state index < -0.39 is 10.0 Å². The van der Waals surface area contributed by atoms with Gasteiger partial charge in [-0.3, -0.25) is 0 Å². The fraction of sp³-hybridized carbons (Fsp3) is 0.545. The third-order valence-electron chi connectivity index (χ3n) is 3.13. The van der Waals surface area contributed by atoms with Gasteiger partial charge in [-0.1, -0.05) is 0 Å². The van der Waals surface area contributed by atoms with Crippen LogP contribution in [0.1, 0.15) is 6.42 Å². The molecule has 0 bridgehead atoms. The summed E-state index contributed by atoms with van der Waals surface area (Å²) in [7, 11) is -1.89. The molecule has 0 aromatic carbocycles. The predicted octanol–water partition coefficient (Wildman–Crippen LogP) is 0.126. The van der Waals surface area contributed by atoms with Crippen molar-refractivity contribution in [3.8, 4) is 0 Å². The van der Waals surface area contributed by atoms with Gasteiger partial charge in [0.15, 0.2) is 0 Å².